The van der Waals surface area contributed by atoms with Gasteiger partial charge in [0, 0.05) is 0 Å². The molecule has 0 saturated heterocycles. The van der Waals surface area contributed by atoms with Gasteiger partial charge >= 0.3 is 0 Å². The first kappa shape index (κ1) is 13.1. The van der Waals surface area contributed by atoms with Gasteiger partial charge in [0.15, 0.2) is 0 Å². The van der Waals surface area contributed by atoms with E-state index < -0.39 is 6.10 Å². The zero-order valence-electron chi connectivity index (χ0n) is 10.0. The SMILES string of the molecule is CCC(O)c1ccc(Oc2ccccc2Br)cn1. The summed E-state index contributed by atoms with van der Waals surface area (Å²) in [5.74, 6) is 1.39. The number of benzene rings is 1. The third-order valence-corrected chi connectivity index (χ3v) is 3.21. The van der Waals surface area contributed by atoms with Crippen LogP contribution in [0.4, 0.5) is 0 Å². The van der Waals surface area contributed by atoms with E-state index in [2.05, 4.69) is 20.9 Å². The Bertz CT molecular complexity index is 513. The van der Waals surface area contributed by atoms with Crippen molar-refractivity contribution in [1.82, 2.24) is 4.98 Å². The number of rotatable bonds is 4. The molecular weight excluding hydrogens is 294 g/mol. The molecule has 0 saturated carbocycles. The van der Waals surface area contributed by atoms with Crippen LogP contribution in [0.25, 0.3) is 0 Å². The van der Waals surface area contributed by atoms with E-state index in [1.54, 1.807) is 18.3 Å². The minimum Gasteiger partial charge on any atom is -0.455 e. The standard InChI is InChI=1S/C14H14BrNO2/c1-2-13(17)12-8-7-10(9-16-12)18-14-6-4-3-5-11(14)15/h3-9,13,17H,2H2,1H3. The predicted molar refractivity (Wildman–Crippen MR) is 73.7 cm³/mol. The Kier molecular flexibility index (Phi) is 4.33. The number of para-hydroxylation sites is 1. The number of aromatic nitrogens is 1. The fourth-order valence-electron chi connectivity index (χ4n) is 1.51. The van der Waals surface area contributed by atoms with Crippen LogP contribution in [0.15, 0.2) is 47.1 Å². The number of pyridine rings is 1. The summed E-state index contributed by atoms with van der Waals surface area (Å²) in [6.45, 7) is 1.91. The number of nitrogens with zero attached hydrogens (tertiary/aromatic N) is 1. The molecule has 0 aliphatic carbocycles. The van der Waals surface area contributed by atoms with Crippen molar-refractivity contribution in [2.24, 2.45) is 0 Å². The maximum Gasteiger partial charge on any atom is 0.145 e. The molecule has 94 valence electrons. The second-order valence-corrected chi connectivity index (χ2v) is 4.73. The van der Waals surface area contributed by atoms with E-state index in [9.17, 15) is 5.11 Å². The highest BCUT2D eigenvalue weighted by Gasteiger charge is 2.07. The number of halogens is 1. The Morgan fingerprint density at radius 3 is 2.67 bits per heavy atom. The molecule has 0 spiro atoms. The summed E-state index contributed by atoms with van der Waals surface area (Å²) >= 11 is 3.42. The van der Waals surface area contributed by atoms with Crippen LogP contribution >= 0.6 is 15.9 Å². The number of hydrogen-bond donors (Lipinski definition) is 1. The van der Waals surface area contributed by atoms with Gasteiger partial charge in [-0.1, -0.05) is 19.1 Å². The molecule has 0 aliphatic rings. The van der Waals surface area contributed by atoms with Crippen LogP contribution in [0.3, 0.4) is 0 Å². The van der Waals surface area contributed by atoms with Crippen molar-refractivity contribution < 1.29 is 9.84 Å². The molecule has 3 nitrogen and oxygen atoms in total. The van der Waals surface area contributed by atoms with Crippen LogP contribution < -0.4 is 4.74 Å². The van der Waals surface area contributed by atoms with Crippen molar-refractivity contribution in [2.75, 3.05) is 0 Å². The lowest BCUT2D eigenvalue weighted by molar-refractivity contribution is 0.169. The molecule has 1 aromatic heterocycles. The molecule has 0 fully saturated rings. The fourth-order valence-corrected chi connectivity index (χ4v) is 1.88. The van der Waals surface area contributed by atoms with E-state index in [4.69, 9.17) is 4.74 Å². The summed E-state index contributed by atoms with van der Waals surface area (Å²) in [6, 6.07) is 11.2. The zero-order chi connectivity index (χ0) is 13.0. The topological polar surface area (TPSA) is 42.4 Å². The Balaban J connectivity index is 2.14. The quantitative estimate of drug-likeness (QED) is 0.925. The fraction of sp³-hybridized carbons (Fsp3) is 0.214. The average molecular weight is 308 g/mol. The van der Waals surface area contributed by atoms with E-state index in [1.165, 1.54) is 0 Å². The third kappa shape index (κ3) is 3.09. The summed E-state index contributed by atoms with van der Waals surface area (Å²) in [6.07, 6.45) is 1.76. The van der Waals surface area contributed by atoms with E-state index in [1.807, 2.05) is 31.2 Å². The Morgan fingerprint density at radius 1 is 1.28 bits per heavy atom. The monoisotopic (exact) mass is 307 g/mol. The van der Waals surface area contributed by atoms with Crippen LogP contribution in [-0.2, 0) is 0 Å². The van der Waals surface area contributed by atoms with Gasteiger partial charge in [-0.05, 0) is 46.6 Å². The summed E-state index contributed by atoms with van der Waals surface area (Å²) < 4.78 is 6.58. The van der Waals surface area contributed by atoms with E-state index in [0.717, 1.165) is 10.2 Å². The Morgan fingerprint density at radius 2 is 2.06 bits per heavy atom. The van der Waals surface area contributed by atoms with Gasteiger partial charge in [-0.3, -0.25) is 4.98 Å². The number of ether oxygens (including phenoxy) is 1. The van der Waals surface area contributed by atoms with Crippen molar-refractivity contribution in [3.05, 3.63) is 52.8 Å². The van der Waals surface area contributed by atoms with Gasteiger partial charge in [-0.25, -0.2) is 0 Å². The summed E-state index contributed by atoms with van der Waals surface area (Å²) in [5, 5.41) is 9.64. The lowest BCUT2D eigenvalue weighted by Gasteiger charge is -2.09. The lowest BCUT2D eigenvalue weighted by atomic mass is 10.2. The van der Waals surface area contributed by atoms with Crippen molar-refractivity contribution in [1.29, 1.82) is 0 Å². The minimum absolute atomic E-state index is 0.512. The molecular formula is C14H14BrNO2. The highest BCUT2D eigenvalue weighted by Crippen LogP contribution is 2.29. The van der Waals surface area contributed by atoms with Gasteiger partial charge in [-0.2, -0.15) is 0 Å². The molecule has 0 aliphatic heterocycles. The first-order valence-corrected chi connectivity index (χ1v) is 6.56. The van der Waals surface area contributed by atoms with Gasteiger partial charge in [0.25, 0.3) is 0 Å². The molecule has 2 rings (SSSR count). The molecule has 4 heteroatoms. The van der Waals surface area contributed by atoms with Gasteiger partial charge in [-0.15, -0.1) is 0 Å². The van der Waals surface area contributed by atoms with Crippen molar-refractivity contribution in [3.63, 3.8) is 0 Å². The third-order valence-electron chi connectivity index (χ3n) is 2.55. The number of hydrogen-bond acceptors (Lipinski definition) is 3. The van der Waals surface area contributed by atoms with Crippen LogP contribution in [0.5, 0.6) is 11.5 Å². The molecule has 0 bridgehead atoms. The second-order valence-electron chi connectivity index (χ2n) is 3.88. The lowest BCUT2D eigenvalue weighted by Crippen LogP contribution is -1.98. The average Bonchev–Trinajstić information content (AvgIpc) is 2.41. The van der Waals surface area contributed by atoms with Gasteiger partial charge in [0.2, 0.25) is 0 Å². The Hall–Kier alpha value is -1.39. The molecule has 2 aromatic rings. The molecule has 18 heavy (non-hydrogen) atoms. The maximum atomic E-state index is 9.64. The van der Waals surface area contributed by atoms with Gasteiger partial charge < -0.3 is 9.84 Å². The molecule has 0 amide bonds. The van der Waals surface area contributed by atoms with Crippen molar-refractivity contribution in [2.45, 2.75) is 19.4 Å². The molecule has 1 N–H and O–H groups in total. The zero-order valence-corrected chi connectivity index (χ0v) is 11.6. The predicted octanol–water partition coefficient (Wildman–Crippen LogP) is 4.08. The smallest absolute Gasteiger partial charge is 0.145 e. The summed E-state index contributed by atoms with van der Waals surface area (Å²) in [4.78, 5) is 4.18. The maximum absolute atomic E-state index is 9.64. The second kappa shape index (κ2) is 5.98. The number of aliphatic hydroxyl groups excluding tert-OH is 1. The number of aliphatic hydroxyl groups is 1. The van der Waals surface area contributed by atoms with Crippen LogP contribution in [0.1, 0.15) is 25.1 Å². The van der Waals surface area contributed by atoms with E-state index >= 15 is 0 Å². The largest absolute Gasteiger partial charge is 0.455 e. The molecule has 1 unspecified atom stereocenters. The Labute approximate surface area is 115 Å². The molecule has 1 atom stereocenters. The van der Waals surface area contributed by atoms with E-state index in [0.29, 0.717) is 17.9 Å². The van der Waals surface area contributed by atoms with Crippen molar-refractivity contribution in [3.8, 4) is 11.5 Å². The van der Waals surface area contributed by atoms with Gasteiger partial charge in [0.1, 0.15) is 11.5 Å². The molecule has 0 radical (unpaired) electrons. The van der Waals surface area contributed by atoms with E-state index in [-0.39, 0.29) is 0 Å². The van der Waals surface area contributed by atoms with Crippen molar-refractivity contribution >= 4 is 15.9 Å². The van der Waals surface area contributed by atoms with Crippen LogP contribution in [0.2, 0.25) is 0 Å². The minimum atomic E-state index is -0.512. The first-order valence-electron chi connectivity index (χ1n) is 5.77. The summed E-state index contributed by atoms with van der Waals surface area (Å²) in [5.41, 5.74) is 0.664. The first-order chi connectivity index (χ1) is 8.70. The van der Waals surface area contributed by atoms with Crippen LogP contribution in [0, 0.1) is 0 Å². The summed E-state index contributed by atoms with van der Waals surface area (Å²) in [7, 11) is 0. The van der Waals surface area contributed by atoms with Crippen LogP contribution in [-0.4, -0.2) is 10.1 Å². The molecule has 1 aromatic carbocycles. The normalized spacial score (nSPS) is 12.2. The van der Waals surface area contributed by atoms with Gasteiger partial charge in [0.05, 0.1) is 22.5 Å². The molecule has 1 heterocycles. The highest BCUT2D eigenvalue weighted by atomic mass is 79.9. The highest BCUT2D eigenvalue weighted by molar-refractivity contribution is 9.10.